The zero-order chi connectivity index (χ0) is 21.0. The summed E-state index contributed by atoms with van der Waals surface area (Å²) < 4.78 is 19.0. The van der Waals surface area contributed by atoms with Gasteiger partial charge in [-0.2, -0.15) is 4.39 Å². The third kappa shape index (κ3) is 5.00. The first-order valence-corrected chi connectivity index (χ1v) is 9.13. The Balaban J connectivity index is 1.53. The highest BCUT2D eigenvalue weighted by Crippen LogP contribution is 2.29. The maximum atomic E-state index is 13.5. The number of hydrogen-bond acceptors (Lipinski definition) is 5. The zero-order valence-electron chi connectivity index (χ0n) is 15.1. The van der Waals surface area contributed by atoms with Gasteiger partial charge < -0.3 is 15.0 Å². The Hall–Kier alpha value is -3.20. The standard InChI is InChI=1S/C19H17ClFN3O5/c20-13-1-4-15(5-2-13)29-8-7-22-19(26)12-9-18(25)23(11-12)14-3-6-16(21)17(10-14)24(27)28/h1-6,10,12H,7-9,11H2,(H,22,26). The average molecular weight is 422 g/mol. The first kappa shape index (κ1) is 20.5. The molecule has 3 rings (SSSR count). The summed E-state index contributed by atoms with van der Waals surface area (Å²) in [5.41, 5.74) is -0.535. The van der Waals surface area contributed by atoms with E-state index < -0.39 is 22.3 Å². The van der Waals surface area contributed by atoms with E-state index in [2.05, 4.69) is 5.32 Å². The minimum Gasteiger partial charge on any atom is -0.492 e. The van der Waals surface area contributed by atoms with Gasteiger partial charge in [0.25, 0.3) is 0 Å². The summed E-state index contributed by atoms with van der Waals surface area (Å²) in [6, 6.07) is 10.00. The van der Waals surface area contributed by atoms with Crippen LogP contribution >= 0.6 is 11.6 Å². The third-order valence-electron chi connectivity index (χ3n) is 4.42. The lowest BCUT2D eigenvalue weighted by atomic mass is 10.1. The second kappa shape index (κ2) is 8.87. The van der Waals surface area contributed by atoms with E-state index in [1.165, 1.54) is 11.0 Å². The van der Waals surface area contributed by atoms with Crippen LogP contribution < -0.4 is 15.0 Å². The van der Waals surface area contributed by atoms with Crippen LogP contribution in [0, 0.1) is 21.8 Å². The second-order valence-corrected chi connectivity index (χ2v) is 6.83. The van der Waals surface area contributed by atoms with Crippen LogP contribution in [0.1, 0.15) is 6.42 Å². The van der Waals surface area contributed by atoms with Crippen molar-refractivity contribution < 1.29 is 23.6 Å². The molecule has 0 aliphatic carbocycles. The molecular weight excluding hydrogens is 405 g/mol. The maximum Gasteiger partial charge on any atom is 0.306 e. The summed E-state index contributed by atoms with van der Waals surface area (Å²) in [6.45, 7) is 0.543. The van der Waals surface area contributed by atoms with Gasteiger partial charge in [-0.15, -0.1) is 0 Å². The third-order valence-corrected chi connectivity index (χ3v) is 4.67. The Bertz CT molecular complexity index is 938. The van der Waals surface area contributed by atoms with Crippen molar-refractivity contribution in [1.29, 1.82) is 0 Å². The molecule has 2 aromatic rings. The molecule has 0 aromatic heterocycles. The number of benzene rings is 2. The molecule has 2 aromatic carbocycles. The number of nitrogens with zero attached hydrogens (tertiary/aromatic N) is 2. The molecule has 0 spiro atoms. The quantitative estimate of drug-likeness (QED) is 0.420. The van der Waals surface area contributed by atoms with Crippen molar-refractivity contribution in [3.63, 3.8) is 0 Å². The van der Waals surface area contributed by atoms with Gasteiger partial charge in [-0.25, -0.2) is 0 Å². The molecule has 1 saturated heterocycles. The molecule has 10 heteroatoms. The van der Waals surface area contributed by atoms with Crippen LogP contribution in [0.3, 0.4) is 0 Å². The SMILES string of the molecule is O=C(NCCOc1ccc(Cl)cc1)C1CC(=O)N(c2ccc(F)c([N+](=O)[O-])c2)C1. The fraction of sp³-hybridized carbons (Fsp3) is 0.263. The number of ether oxygens (including phenoxy) is 1. The van der Waals surface area contributed by atoms with Gasteiger partial charge in [0.2, 0.25) is 17.6 Å². The maximum absolute atomic E-state index is 13.5. The molecule has 0 radical (unpaired) electrons. The summed E-state index contributed by atoms with van der Waals surface area (Å²) in [6.07, 6.45) is -0.0327. The van der Waals surface area contributed by atoms with Crippen LogP contribution in [-0.4, -0.2) is 36.4 Å². The van der Waals surface area contributed by atoms with Crippen LogP contribution in [0.4, 0.5) is 15.8 Å². The van der Waals surface area contributed by atoms with Crippen molar-refractivity contribution in [2.45, 2.75) is 6.42 Å². The Kier molecular flexibility index (Phi) is 6.28. The smallest absolute Gasteiger partial charge is 0.306 e. The lowest BCUT2D eigenvalue weighted by Gasteiger charge is -2.16. The van der Waals surface area contributed by atoms with E-state index in [1.54, 1.807) is 24.3 Å². The van der Waals surface area contributed by atoms with E-state index in [0.29, 0.717) is 10.8 Å². The zero-order valence-corrected chi connectivity index (χ0v) is 15.9. The number of rotatable bonds is 7. The summed E-state index contributed by atoms with van der Waals surface area (Å²) in [4.78, 5) is 35.8. The molecular formula is C19H17ClFN3O5. The molecule has 1 fully saturated rings. The van der Waals surface area contributed by atoms with Crippen LogP contribution in [0.15, 0.2) is 42.5 Å². The lowest BCUT2D eigenvalue weighted by molar-refractivity contribution is -0.387. The number of nitro benzene ring substituents is 1. The molecule has 8 nitrogen and oxygen atoms in total. The highest BCUT2D eigenvalue weighted by Gasteiger charge is 2.35. The van der Waals surface area contributed by atoms with Crippen molar-refractivity contribution in [3.05, 3.63) is 63.4 Å². The first-order chi connectivity index (χ1) is 13.8. The van der Waals surface area contributed by atoms with Crippen molar-refractivity contribution >= 4 is 34.8 Å². The summed E-state index contributed by atoms with van der Waals surface area (Å²) in [7, 11) is 0. The van der Waals surface area contributed by atoms with Gasteiger partial charge in [0.1, 0.15) is 12.4 Å². The molecule has 29 heavy (non-hydrogen) atoms. The largest absolute Gasteiger partial charge is 0.492 e. The highest BCUT2D eigenvalue weighted by atomic mass is 35.5. The minimum atomic E-state index is -0.986. The Morgan fingerprint density at radius 2 is 2.03 bits per heavy atom. The molecule has 1 aliphatic heterocycles. The molecule has 152 valence electrons. The van der Waals surface area contributed by atoms with Gasteiger partial charge in [-0.3, -0.25) is 19.7 Å². The summed E-state index contributed by atoms with van der Waals surface area (Å²) in [5.74, 6) is -1.66. The van der Waals surface area contributed by atoms with Crippen molar-refractivity contribution in [2.24, 2.45) is 5.92 Å². The normalized spacial score (nSPS) is 16.0. The van der Waals surface area contributed by atoms with Gasteiger partial charge in [0.05, 0.1) is 23.1 Å². The molecule has 0 saturated carbocycles. The van der Waals surface area contributed by atoms with Gasteiger partial charge >= 0.3 is 5.69 Å². The first-order valence-electron chi connectivity index (χ1n) is 8.75. The lowest BCUT2D eigenvalue weighted by Crippen LogP contribution is -2.35. The van der Waals surface area contributed by atoms with Gasteiger partial charge in [0, 0.05) is 24.1 Å². The molecule has 0 bridgehead atoms. The van der Waals surface area contributed by atoms with Crippen molar-refractivity contribution in [1.82, 2.24) is 5.32 Å². The van der Waals surface area contributed by atoms with Gasteiger partial charge in [-0.05, 0) is 36.4 Å². The predicted molar refractivity (Wildman–Crippen MR) is 103 cm³/mol. The van der Waals surface area contributed by atoms with E-state index >= 15 is 0 Å². The van der Waals surface area contributed by atoms with Crippen molar-refractivity contribution in [2.75, 3.05) is 24.6 Å². The Labute approximate surface area is 170 Å². The number of halogens is 2. The highest BCUT2D eigenvalue weighted by molar-refractivity contribution is 6.30. The monoisotopic (exact) mass is 421 g/mol. The number of amides is 2. The summed E-state index contributed by atoms with van der Waals surface area (Å²) >= 11 is 5.79. The van der Waals surface area contributed by atoms with Crippen LogP contribution in [0.2, 0.25) is 5.02 Å². The molecule has 2 amide bonds. The van der Waals surface area contributed by atoms with Gasteiger partial charge in [0.15, 0.2) is 0 Å². The molecule has 1 N–H and O–H groups in total. The molecule has 1 atom stereocenters. The topological polar surface area (TPSA) is 102 Å². The van der Waals surface area contributed by atoms with E-state index in [9.17, 15) is 24.1 Å². The van der Waals surface area contributed by atoms with E-state index in [-0.39, 0.29) is 43.6 Å². The average Bonchev–Trinajstić information content (AvgIpc) is 3.08. The van der Waals surface area contributed by atoms with Gasteiger partial charge in [-0.1, -0.05) is 11.6 Å². The van der Waals surface area contributed by atoms with Crippen LogP contribution in [-0.2, 0) is 9.59 Å². The van der Waals surface area contributed by atoms with E-state index in [1.807, 2.05) is 0 Å². The Morgan fingerprint density at radius 1 is 1.31 bits per heavy atom. The van der Waals surface area contributed by atoms with Crippen LogP contribution in [0.25, 0.3) is 0 Å². The number of nitro groups is 1. The number of anilines is 1. The second-order valence-electron chi connectivity index (χ2n) is 6.39. The molecule has 1 heterocycles. The fourth-order valence-electron chi connectivity index (χ4n) is 2.96. The summed E-state index contributed by atoms with van der Waals surface area (Å²) in [5, 5.41) is 14.2. The fourth-order valence-corrected chi connectivity index (χ4v) is 3.09. The number of carbonyl (C=O) groups is 2. The minimum absolute atomic E-state index is 0.0327. The van der Waals surface area contributed by atoms with E-state index in [0.717, 1.165) is 12.1 Å². The number of carbonyl (C=O) groups excluding carboxylic acids is 2. The van der Waals surface area contributed by atoms with E-state index in [4.69, 9.17) is 16.3 Å². The number of nitrogens with one attached hydrogen (secondary N) is 1. The predicted octanol–water partition coefficient (Wildman–Crippen LogP) is 2.94. The van der Waals surface area contributed by atoms with Crippen LogP contribution in [0.5, 0.6) is 5.75 Å². The molecule has 1 aliphatic rings. The van der Waals surface area contributed by atoms with Crippen molar-refractivity contribution in [3.8, 4) is 5.75 Å². The Morgan fingerprint density at radius 3 is 2.72 bits per heavy atom. The molecule has 1 unspecified atom stereocenters. The number of hydrogen-bond donors (Lipinski definition) is 1.